The second kappa shape index (κ2) is 6.43. The molecule has 0 spiro atoms. The van der Waals surface area contributed by atoms with E-state index in [1.54, 1.807) is 12.3 Å². The fourth-order valence-corrected chi connectivity index (χ4v) is 2.05. The van der Waals surface area contributed by atoms with Crippen LogP contribution in [-0.2, 0) is 13.0 Å². The van der Waals surface area contributed by atoms with Gasteiger partial charge in [-0.1, -0.05) is 18.2 Å². The van der Waals surface area contributed by atoms with Crippen LogP contribution in [0, 0.1) is 12.7 Å². The van der Waals surface area contributed by atoms with Crippen LogP contribution in [0.15, 0.2) is 42.7 Å². The Morgan fingerprint density at radius 3 is 2.74 bits per heavy atom. The van der Waals surface area contributed by atoms with E-state index in [2.05, 4.69) is 17.2 Å². The molecule has 2 rings (SSSR count). The Kier molecular flexibility index (Phi) is 4.63. The lowest BCUT2D eigenvalue weighted by Gasteiger charge is -2.15. The van der Waals surface area contributed by atoms with Crippen molar-refractivity contribution in [2.45, 2.75) is 32.9 Å². The van der Waals surface area contributed by atoms with Crippen LogP contribution >= 0.6 is 0 Å². The van der Waals surface area contributed by atoms with Gasteiger partial charge < -0.3 is 5.32 Å². The SMILES string of the molecule is Cc1cnccc1CNC(C)Cc1ccccc1F. The third kappa shape index (κ3) is 3.86. The number of hydrogen-bond acceptors (Lipinski definition) is 2. The van der Waals surface area contributed by atoms with Gasteiger partial charge in [0.25, 0.3) is 0 Å². The van der Waals surface area contributed by atoms with Crippen LogP contribution in [0.1, 0.15) is 23.6 Å². The number of rotatable bonds is 5. The summed E-state index contributed by atoms with van der Waals surface area (Å²) in [6, 6.07) is 9.18. The molecule has 1 aromatic heterocycles. The van der Waals surface area contributed by atoms with Gasteiger partial charge >= 0.3 is 0 Å². The van der Waals surface area contributed by atoms with Crippen LogP contribution in [0.4, 0.5) is 4.39 Å². The largest absolute Gasteiger partial charge is 0.310 e. The molecule has 0 radical (unpaired) electrons. The molecule has 1 aromatic carbocycles. The summed E-state index contributed by atoms with van der Waals surface area (Å²) < 4.78 is 13.5. The van der Waals surface area contributed by atoms with Crippen LogP contribution in [0.3, 0.4) is 0 Å². The van der Waals surface area contributed by atoms with E-state index in [0.717, 1.165) is 12.1 Å². The summed E-state index contributed by atoms with van der Waals surface area (Å²) >= 11 is 0. The molecular formula is C16H19FN2. The first-order chi connectivity index (χ1) is 9.16. The van der Waals surface area contributed by atoms with Crippen molar-refractivity contribution < 1.29 is 4.39 Å². The molecule has 0 aliphatic heterocycles. The van der Waals surface area contributed by atoms with Crippen molar-refractivity contribution in [2.24, 2.45) is 0 Å². The number of benzene rings is 1. The van der Waals surface area contributed by atoms with Gasteiger partial charge in [-0.05, 0) is 49.1 Å². The van der Waals surface area contributed by atoms with E-state index in [0.29, 0.717) is 6.42 Å². The lowest BCUT2D eigenvalue weighted by Crippen LogP contribution is -2.28. The van der Waals surface area contributed by atoms with E-state index in [1.165, 1.54) is 17.2 Å². The van der Waals surface area contributed by atoms with Crippen LogP contribution in [0.5, 0.6) is 0 Å². The van der Waals surface area contributed by atoms with Crippen LogP contribution in [-0.4, -0.2) is 11.0 Å². The Morgan fingerprint density at radius 2 is 2.00 bits per heavy atom. The molecule has 3 heteroatoms. The minimum absolute atomic E-state index is 0.128. The van der Waals surface area contributed by atoms with Crippen LogP contribution < -0.4 is 5.32 Å². The first kappa shape index (κ1) is 13.7. The Hall–Kier alpha value is -1.74. The van der Waals surface area contributed by atoms with Gasteiger partial charge in [0.1, 0.15) is 5.82 Å². The number of aryl methyl sites for hydroxylation is 1. The maximum Gasteiger partial charge on any atom is 0.126 e. The first-order valence-corrected chi connectivity index (χ1v) is 6.53. The molecule has 0 saturated carbocycles. The number of aromatic nitrogens is 1. The third-order valence-electron chi connectivity index (χ3n) is 3.26. The maximum atomic E-state index is 13.5. The van der Waals surface area contributed by atoms with Crippen LogP contribution in [0.25, 0.3) is 0 Å². The van der Waals surface area contributed by atoms with Crippen molar-refractivity contribution in [1.82, 2.24) is 10.3 Å². The first-order valence-electron chi connectivity index (χ1n) is 6.53. The van der Waals surface area contributed by atoms with Crippen molar-refractivity contribution in [1.29, 1.82) is 0 Å². The zero-order valence-electron chi connectivity index (χ0n) is 11.4. The number of halogens is 1. The lowest BCUT2D eigenvalue weighted by atomic mass is 10.1. The second-order valence-electron chi connectivity index (χ2n) is 4.88. The topological polar surface area (TPSA) is 24.9 Å². The highest BCUT2D eigenvalue weighted by molar-refractivity contribution is 5.22. The Balaban J connectivity index is 1.90. The van der Waals surface area contributed by atoms with Crippen molar-refractivity contribution in [2.75, 3.05) is 0 Å². The molecule has 0 fully saturated rings. The van der Waals surface area contributed by atoms with E-state index in [1.807, 2.05) is 31.3 Å². The van der Waals surface area contributed by atoms with Gasteiger partial charge in [0.2, 0.25) is 0 Å². The molecule has 19 heavy (non-hydrogen) atoms. The van der Waals surface area contributed by atoms with Crippen molar-refractivity contribution in [3.8, 4) is 0 Å². The number of nitrogens with one attached hydrogen (secondary N) is 1. The van der Waals surface area contributed by atoms with Crippen molar-refractivity contribution >= 4 is 0 Å². The van der Waals surface area contributed by atoms with Gasteiger partial charge in [-0.2, -0.15) is 0 Å². The third-order valence-corrected chi connectivity index (χ3v) is 3.26. The zero-order chi connectivity index (χ0) is 13.7. The molecule has 0 aliphatic rings. The lowest BCUT2D eigenvalue weighted by molar-refractivity contribution is 0.525. The fraction of sp³-hybridized carbons (Fsp3) is 0.312. The van der Waals surface area contributed by atoms with Gasteiger partial charge in [0.05, 0.1) is 0 Å². The van der Waals surface area contributed by atoms with E-state index < -0.39 is 0 Å². The van der Waals surface area contributed by atoms with Crippen molar-refractivity contribution in [3.05, 3.63) is 65.2 Å². The zero-order valence-corrected chi connectivity index (χ0v) is 11.4. The monoisotopic (exact) mass is 258 g/mol. The van der Waals surface area contributed by atoms with Gasteiger partial charge in [0, 0.05) is 25.0 Å². The molecular weight excluding hydrogens is 239 g/mol. The molecule has 0 amide bonds. The molecule has 2 nitrogen and oxygen atoms in total. The highest BCUT2D eigenvalue weighted by Gasteiger charge is 2.07. The van der Waals surface area contributed by atoms with E-state index in [4.69, 9.17) is 0 Å². The molecule has 1 heterocycles. The molecule has 100 valence electrons. The Bertz CT molecular complexity index is 540. The number of pyridine rings is 1. The average molecular weight is 258 g/mol. The second-order valence-corrected chi connectivity index (χ2v) is 4.88. The highest BCUT2D eigenvalue weighted by atomic mass is 19.1. The van der Waals surface area contributed by atoms with Gasteiger partial charge in [0.15, 0.2) is 0 Å². The molecule has 1 N–H and O–H groups in total. The summed E-state index contributed by atoms with van der Waals surface area (Å²) in [6.45, 7) is 4.90. The molecule has 0 saturated heterocycles. The predicted molar refractivity (Wildman–Crippen MR) is 75.4 cm³/mol. The quantitative estimate of drug-likeness (QED) is 0.890. The summed E-state index contributed by atoms with van der Waals surface area (Å²) in [5.74, 6) is -0.128. The highest BCUT2D eigenvalue weighted by Crippen LogP contribution is 2.10. The summed E-state index contributed by atoms with van der Waals surface area (Å²) in [4.78, 5) is 4.07. The van der Waals surface area contributed by atoms with Gasteiger partial charge in [-0.3, -0.25) is 4.98 Å². The predicted octanol–water partition coefficient (Wildman–Crippen LogP) is 3.25. The van der Waals surface area contributed by atoms with E-state index in [9.17, 15) is 4.39 Å². The van der Waals surface area contributed by atoms with Gasteiger partial charge in [-0.15, -0.1) is 0 Å². The fourth-order valence-electron chi connectivity index (χ4n) is 2.05. The molecule has 0 bridgehead atoms. The number of nitrogens with zero attached hydrogens (tertiary/aromatic N) is 1. The maximum absolute atomic E-state index is 13.5. The Labute approximate surface area is 113 Å². The summed E-state index contributed by atoms with van der Waals surface area (Å²) in [5.41, 5.74) is 3.16. The normalized spacial score (nSPS) is 12.4. The summed E-state index contributed by atoms with van der Waals surface area (Å²) in [7, 11) is 0. The molecule has 2 aromatic rings. The van der Waals surface area contributed by atoms with Gasteiger partial charge in [-0.25, -0.2) is 4.39 Å². The van der Waals surface area contributed by atoms with Crippen molar-refractivity contribution in [3.63, 3.8) is 0 Å². The Morgan fingerprint density at radius 1 is 1.21 bits per heavy atom. The summed E-state index contributed by atoms with van der Waals surface area (Å²) in [6.07, 6.45) is 4.35. The molecule has 1 unspecified atom stereocenters. The van der Waals surface area contributed by atoms with Crippen LogP contribution in [0.2, 0.25) is 0 Å². The minimum Gasteiger partial charge on any atom is -0.310 e. The average Bonchev–Trinajstić information content (AvgIpc) is 2.40. The molecule has 0 aliphatic carbocycles. The molecule has 1 atom stereocenters. The summed E-state index contributed by atoms with van der Waals surface area (Å²) in [5, 5.41) is 3.42. The number of hydrogen-bond donors (Lipinski definition) is 1. The van der Waals surface area contributed by atoms with E-state index in [-0.39, 0.29) is 11.9 Å². The standard InChI is InChI=1S/C16H19FN2/c1-12-10-18-8-7-15(12)11-19-13(2)9-14-5-3-4-6-16(14)17/h3-8,10,13,19H,9,11H2,1-2H3. The van der Waals surface area contributed by atoms with E-state index >= 15 is 0 Å². The minimum atomic E-state index is -0.128. The smallest absolute Gasteiger partial charge is 0.126 e.